The third kappa shape index (κ3) is 6.32. The number of benzene rings is 1. The zero-order chi connectivity index (χ0) is 16.7. The van der Waals surface area contributed by atoms with Gasteiger partial charge in [0.2, 0.25) is 5.91 Å². The molecule has 1 aromatic carbocycles. The fraction of sp³-hybridized carbons (Fsp3) is 0.632. The summed E-state index contributed by atoms with van der Waals surface area (Å²) in [4.78, 5) is 10.9. The lowest BCUT2D eigenvalue weighted by Gasteiger charge is -2.27. The fourth-order valence-corrected chi connectivity index (χ4v) is 3.27. The van der Waals surface area contributed by atoms with Gasteiger partial charge in [0.25, 0.3) is 0 Å². The first-order chi connectivity index (χ1) is 11.0. The van der Waals surface area contributed by atoms with E-state index in [1.165, 1.54) is 17.5 Å². The van der Waals surface area contributed by atoms with Crippen molar-refractivity contribution in [2.24, 2.45) is 5.92 Å². The van der Waals surface area contributed by atoms with Crippen LogP contribution in [0.15, 0.2) is 24.3 Å². The molecule has 1 fully saturated rings. The van der Waals surface area contributed by atoms with Crippen LogP contribution in [0.25, 0.3) is 0 Å². The monoisotopic (exact) mass is 318 g/mol. The Morgan fingerprint density at radius 1 is 1.30 bits per heavy atom. The lowest BCUT2D eigenvalue weighted by atomic mass is 9.87. The number of rotatable bonds is 7. The normalized spacial score (nSPS) is 22.6. The van der Waals surface area contributed by atoms with Crippen LogP contribution >= 0.6 is 0 Å². The fourth-order valence-electron chi connectivity index (χ4n) is 3.27. The van der Waals surface area contributed by atoms with Crippen LogP contribution in [0, 0.1) is 5.92 Å². The molecule has 3 N–H and O–H groups in total. The standard InChI is InChI=1S/C19H30N2O2/c1-14(21-13-17-4-3-5-19(23)12-17)18-8-6-16(7-9-18)10-11-20-15(2)22/h6-9,14,17,19,21,23H,3-5,10-13H2,1-2H3,(H,20,22). The molecule has 4 nitrogen and oxygen atoms in total. The molecule has 1 aromatic rings. The third-order valence-corrected chi connectivity index (χ3v) is 4.74. The van der Waals surface area contributed by atoms with Gasteiger partial charge < -0.3 is 15.7 Å². The molecule has 1 saturated carbocycles. The number of nitrogens with one attached hydrogen (secondary N) is 2. The Hall–Kier alpha value is -1.39. The van der Waals surface area contributed by atoms with E-state index in [0.29, 0.717) is 18.5 Å². The number of amides is 1. The van der Waals surface area contributed by atoms with Gasteiger partial charge in [0, 0.05) is 19.5 Å². The third-order valence-electron chi connectivity index (χ3n) is 4.74. The number of carbonyl (C=O) groups excluding carboxylic acids is 1. The van der Waals surface area contributed by atoms with E-state index in [0.717, 1.165) is 32.2 Å². The average molecular weight is 318 g/mol. The summed E-state index contributed by atoms with van der Waals surface area (Å²) in [5.74, 6) is 0.616. The van der Waals surface area contributed by atoms with Crippen molar-refractivity contribution in [3.05, 3.63) is 35.4 Å². The highest BCUT2D eigenvalue weighted by Crippen LogP contribution is 2.24. The Balaban J connectivity index is 1.75. The second kappa shape index (κ2) is 9.04. The maximum atomic E-state index is 10.9. The van der Waals surface area contributed by atoms with Crippen molar-refractivity contribution < 1.29 is 9.90 Å². The molecular formula is C19H30N2O2. The van der Waals surface area contributed by atoms with Gasteiger partial charge in [-0.05, 0) is 56.2 Å². The molecule has 1 amide bonds. The van der Waals surface area contributed by atoms with Crippen molar-refractivity contribution in [1.82, 2.24) is 10.6 Å². The predicted molar refractivity (Wildman–Crippen MR) is 93.2 cm³/mol. The number of aliphatic hydroxyl groups is 1. The molecule has 0 aliphatic heterocycles. The summed E-state index contributed by atoms with van der Waals surface area (Å²) in [6, 6.07) is 8.92. The molecule has 4 heteroatoms. The summed E-state index contributed by atoms with van der Waals surface area (Å²) in [6.45, 7) is 5.39. The minimum atomic E-state index is -0.103. The van der Waals surface area contributed by atoms with Crippen molar-refractivity contribution in [2.75, 3.05) is 13.1 Å². The highest BCUT2D eigenvalue weighted by Gasteiger charge is 2.20. The van der Waals surface area contributed by atoms with Gasteiger partial charge in [-0.3, -0.25) is 4.79 Å². The number of hydrogen-bond acceptors (Lipinski definition) is 3. The maximum absolute atomic E-state index is 10.9. The molecule has 23 heavy (non-hydrogen) atoms. The molecule has 0 spiro atoms. The molecule has 1 aliphatic carbocycles. The van der Waals surface area contributed by atoms with E-state index in [2.05, 4.69) is 41.8 Å². The number of hydrogen-bond donors (Lipinski definition) is 3. The average Bonchev–Trinajstić information content (AvgIpc) is 2.53. The molecule has 2 rings (SSSR count). The van der Waals surface area contributed by atoms with Crippen LogP contribution in [0.5, 0.6) is 0 Å². The first-order valence-corrected chi connectivity index (χ1v) is 8.79. The Morgan fingerprint density at radius 2 is 2.04 bits per heavy atom. The highest BCUT2D eigenvalue weighted by atomic mass is 16.3. The molecule has 0 radical (unpaired) electrons. The van der Waals surface area contributed by atoms with Gasteiger partial charge >= 0.3 is 0 Å². The van der Waals surface area contributed by atoms with Gasteiger partial charge in [-0.1, -0.05) is 30.7 Å². The van der Waals surface area contributed by atoms with Crippen LogP contribution < -0.4 is 10.6 Å². The lowest BCUT2D eigenvalue weighted by molar-refractivity contribution is -0.118. The van der Waals surface area contributed by atoms with E-state index in [9.17, 15) is 9.90 Å². The Bertz CT molecular complexity index is 487. The van der Waals surface area contributed by atoms with Crippen molar-refractivity contribution in [1.29, 1.82) is 0 Å². The topological polar surface area (TPSA) is 61.4 Å². The maximum Gasteiger partial charge on any atom is 0.216 e. The number of aliphatic hydroxyl groups excluding tert-OH is 1. The van der Waals surface area contributed by atoms with Crippen LogP contribution in [0.4, 0.5) is 0 Å². The van der Waals surface area contributed by atoms with E-state index in [4.69, 9.17) is 0 Å². The van der Waals surface area contributed by atoms with Gasteiger partial charge in [0.05, 0.1) is 6.10 Å². The Kier molecular flexibility index (Phi) is 7.06. The molecule has 3 atom stereocenters. The SMILES string of the molecule is CC(=O)NCCc1ccc(C(C)NCC2CCCC(O)C2)cc1. The molecule has 0 bridgehead atoms. The van der Waals surface area contributed by atoms with Crippen molar-refractivity contribution in [2.45, 2.75) is 58.1 Å². The quantitative estimate of drug-likeness (QED) is 0.724. The van der Waals surface area contributed by atoms with E-state index in [1.54, 1.807) is 6.92 Å². The molecule has 128 valence electrons. The van der Waals surface area contributed by atoms with Crippen LogP contribution in [-0.4, -0.2) is 30.2 Å². The molecule has 0 aromatic heterocycles. The summed E-state index contributed by atoms with van der Waals surface area (Å²) < 4.78 is 0. The summed E-state index contributed by atoms with van der Waals surface area (Å²) in [6.07, 6.45) is 5.02. The number of carbonyl (C=O) groups is 1. The molecule has 0 heterocycles. The molecule has 0 saturated heterocycles. The van der Waals surface area contributed by atoms with Crippen LogP contribution in [0.1, 0.15) is 56.7 Å². The van der Waals surface area contributed by atoms with Gasteiger partial charge in [0.1, 0.15) is 0 Å². The van der Waals surface area contributed by atoms with E-state index < -0.39 is 0 Å². The van der Waals surface area contributed by atoms with Crippen molar-refractivity contribution in [3.8, 4) is 0 Å². The van der Waals surface area contributed by atoms with Gasteiger partial charge in [-0.2, -0.15) is 0 Å². The summed E-state index contributed by atoms with van der Waals surface area (Å²) >= 11 is 0. The Labute approximate surface area is 139 Å². The largest absolute Gasteiger partial charge is 0.393 e. The van der Waals surface area contributed by atoms with E-state index in [-0.39, 0.29) is 12.0 Å². The van der Waals surface area contributed by atoms with Crippen LogP contribution in [0.3, 0.4) is 0 Å². The zero-order valence-corrected chi connectivity index (χ0v) is 14.3. The second-order valence-electron chi connectivity index (χ2n) is 6.79. The smallest absolute Gasteiger partial charge is 0.216 e. The van der Waals surface area contributed by atoms with Crippen molar-refractivity contribution >= 4 is 5.91 Å². The minimum absolute atomic E-state index is 0.0206. The highest BCUT2D eigenvalue weighted by molar-refractivity contribution is 5.72. The van der Waals surface area contributed by atoms with E-state index >= 15 is 0 Å². The van der Waals surface area contributed by atoms with Crippen molar-refractivity contribution in [3.63, 3.8) is 0 Å². The first-order valence-electron chi connectivity index (χ1n) is 8.79. The van der Waals surface area contributed by atoms with Crippen LogP contribution in [0.2, 0.25) is 0 Å². The summed E-state index contributed by atoms with van der Waals surface area (Å²) in [7, 11) is 0. The van der Waals surface area contributed by atoms with E-state index in [1.807, 2.05) is 0 Å². The predicted octanol–water partition coefficient (Wildman–Crippen LogP) is 2.57. The van der Waals surface area contributed by atoms with Gasteiger partial charge in [-0.25, -0.2) is 0 Å². The first kappa shape index (κ1) is 18.0. The second-order valence-corrected chi connectivity index (χ2v) is 6.79. The molecule has 1 aliphatic rings. The lowest BCUT2D eigenvalue weighted by Crippen LogP contribution is -2.30. The zero-order valence-electron chi connectivity index (χ0n) is 14.3. The summed E-state index contributed by atoms with van der Waals surface area (Å²) in [5, 5.41) is 16.2. The Morgan fingerprint density at radius 3 is 2.70 bits per heavy atom. The van der Waals surface area contributed by atoms with Gasteiger partial charge in [-0.15, -0.1) is 0 Å². The molecule has 3 unspecified atom stereocenters. The van der Waals surface area contributed by atoms with Gasteiger partial charge in [0.15, 0.2) is 0 Å². The summed E-state index contributed by atoms with van der Waals surface area (Å²) in [5.41, 5.74) is 2.52. The minimum Gasteiger partial charge on any atom is -0.393 e. The molecular weight excluding hydrogens is 288 g/mol. The van der Waals surface area contributed by atoms with Crippen LogP contribution in [-0.2, 0) is 11.2 Å².